The van der Waals surface area contributed by atoms with Gasteiger partial charge in [0.1, 0.15) is 5.75 Å². The van der Waals surface area contributed by atoms with Crippen LogP contribution in [0.1, 0.15) is 0 Å². The number of amides is 1. The molecule has 2 heterocycles. The highest BCUT2D eigenvalue weighted by molar-refractivity contribution is 7.13. The standard InChI is InChI=1S/C14H11FN4O2S/c1-2-4-19-11-7-10(17-18-14-16-3-5-22-14)9(15)6-12(11)21-8-13(19)20/h1,3,5-7,17H,4,8H2,(H,16,18). The normalized spacial score (nSPS) is 13.1. The quantitative estimate of drug-likeness (QED) is 0.667. The third-order valence-corrected chi connectivity index (χ3v) is 3.67. The summed E-state index contributed by atoms with van der Waals surface area (Å²) in [6, 6.07) is 2.69. The Morgan fingerprint density at radius 1 is 1.50 bits per heavy atom. The number of benzene rings is 1. The van der Waals surface area contributed by atoms with Crippen molar-refractivity contribution in [2.45, 2.75) is 0 Å². The highest BCUT2D eigenvalue weighted by atomic mass is 32.1. The van der Waals surface area contributed by atoms with Gasteiger partial charge in [-0.15, -0.1) is 17.8 Å². The Balaban J connectivity index is 1.89. The number of fused-ring (bicyclic) bond motifs is 1. The number of anilines is 3. The van der Waals surface area contributed by atoms with Crippen LogP contribution >= 0.6 is 11.3 Å². The Hall–Kier alpha value is -2.79. The average molecular weight is 318 g/mol. The lowest BCUT2D eigenvalue weighted by molar-refractivity contribution is -0.121. The molecule has 0 atom stereocenters. The van der Waals surface area contributed by atoms with E-state index >= 15 is 0 Å². The van der Waals surface area contributed by atoms with Crippen LogP contribution in [0.25, 0.3) is 0 Å². The molecule has 1 aromatic carbocycles. The van der Waals surface area contributed by atoms with Crippen LogP contribution in [0.3, 0.4) is 0 Å². The fourth-order valence-corrected chi connectivity index (χ4v) is 2.47. The Kier molecular flexibility index (Phi) is 3.80. The predicted molar refractivity (Wildman–Crippen MR) is 82.4 cm³/mol. The molecule has 0 spiro atoms. The van der Waals surface area contributed by atoms with Crippen molar-refractivity contribution in [2.75, 3.05) is 28.9 Å². The molecule has 0 saturated heterocycles. The summed E-state index contributed by atoms with van der Waals surface area (Å²) < 4.78 is 19.3. The second kappa shape index (κ2) is 5.91. The van der Waals surface area contributed by atoms with Crippen LogP contribution in [0.4, 0.5) is 20.9 Å². The van der Waals surface area contributed by atoms with Gasteiger partial charge in [-0.3, -0.25) is 20.5 Å². The molecule has 2 aromatic rings. The van der Waals surface area contributed by atoms with E-state index in [-0.39, 0.29) is 30.5 Å². The van der Waals surface area contributed by atoms with E-state index in [1.807, 2.05) is 0 Å². The third-order valence-electron chi connectivity index (χ3n) is 2.98. The number of hydrogen-bond acceptors (Lipinski definition) is 6. The molecule has 8 heteroatoms. The van der Waals surface area contributed by atoms with Gasteiger partial charge in [-0.2, -0.15) is 0 Å². The number of hydrogen-bond donors (Lipinski definition) is 2. The largest absolute Gasteiger partial charge is 0.481 e. The number of rotatable bonds is 4. The van der Waals surface area contributed by atoms with E-state index in [0.717, 1.165) is 0 Å². The molecule has 112 valence electrons. The van der Waals surface area contributed by atoms with Crippen molar-refractivity contribution >= 4 is 33.8 Å². The number of halogens is 1. The first-order valence-corrected chi connectivity index (χ1v) is 7.18. The lowest BCUT2D eigenvalue weighted by Gasteiger charge is -2.28. The van der Waals surface area contributed by atoms with Crippen molar-refractivity contribution in [1.29, 1.82) is 0 Å². The van der Waals surface area contributed by atoms with Gasteiger partial charge in [-0.25, -0.2) is 9.37 Å². The number of ether oxygens (including phenoxy) is 1. The first-order chi connectivity index (χ1) is 10.7. The SMILES string of the molecule is C#CCN1C(=O)COc2cc(F)c(NNc3nccs3)cc21. The molecule has 0 unspecified atom stereocenters. The third kappa shape index (κ3) is 2.66. The van der Waals surface area contributed by atoms with E-state index in [2.05, 4.69) is 21.8 Å². The molecule has 6 nitrogen and oxygen atoms in total. The van der Waals surface area contributed by atoms with Gasteiger partial charge in [0, 0.05) is 17.6 Å². The van der Waals surface area contributed by atoms with Crippen LogP contribution in [-0.4, -0.2) is 24.0 Å². The number of aromatic nitrogens is 1. The first kappa shape index (κ1) is 14.2. The Morgan fingerprint density at radius 2 is 2.36 bits per heavy atom. The minimum absolute atomic E-state index is 0.0974. The van der Waals surface area contributed by atoms with Crippen molar-refractivity contribution in [3.8, 4) is 18.1 Å². The van der Waals surface area contributed by atoms with Crippen LogP contribution in [0.15, 0.2) is 23.7 Å². The summed E-state index contributed by atoms with van der Waals surface area (Å²) in [5.41, 5.74) is 6.09. The molecule has 1 aromatic heterocycles. The molecule has 3 rings (SSSR count). The molecule has 0 aliphatic carbocycles. The van der Waals surface area contributed by atoms with E-state index in [4.69, 9.17) is 11.2 Å². The molecule has 0 fully saturated rings. The smallest absolute Gasteiger partial charge is 0.265 e. The van der Waals surface area contributed by atoms with E-state index in [9.17, 15) is 9.18 Å². The maximum absolute atomic E-state index is 14.1. The van der Waals surface area contributed by atoms with Crippen LogP contribution < -0.4 is 20.5 Å². The lowest BCUT2D eigenvalue weighted by atomic mass is 10.2. The second-order valence-electron chi connectivity index (χ2n) is 4.36. The van der Waals surface area contributed by atoms with Crippen LogP contribution in [0, 0.1) is 18.2 Å². The van der Waals surface area contributed by atoms with Gasteiger partial charge in [0.05, 0.1) is 17.9 Å². The summed E-state index contributed by atoms with van der Waals surface area (Å²) >= 11 is 1.36. The predicted octanol–water partition coefficient (Wildman–Crippen LogP) is 2.08. The van der Waals surface area contributed by atoms with Crippen molar-refractivity contribution in [3.05, 3.63) is 29.5 Å². The highest BCUT2D eigenvalue weighted by Gasteiger charge is 2.26. The van der Waals surface area contributed by atoms with Crippen molar-refractivity contribution in [3.63, 3.8) is 0 Å². The Morgan fingerprint density at radius 3 is 3.09 bits per heavy atom. The second-order valence-corrected chi connectivity index (χ2v) is 5.25. The summed E-state index contributed by atoms with van der Waals surface area (Å²) in [7, 11) is 0. The number of carbonyl (C=O) groups is 1. The maximum Gasteiger partial charge on any atom is 0.265 e. The van der Waals surface area contributed by atoms with Gasteiger partial charge < -0.3 is 4.74 Å². The molecule has 1 aliphatic heterocycles. The number of nitrogens with one attached hydrogen (secondary N) is 2. The summed E-state index contributed by atoms with van der Waals surface area (Å²) in [6.07, 6.45) is 6.90. The van der Waals surface area contributed by atoms with E-state index in [1.165, 1.54) is 28.4 Å². The maximum atomic E-state index is 14.1. The van der Waals surface area contributed by atoms with Crippen LogP contribution in [0.2, 0.25) is 0 Å². The number of nitrogens with zero attached hydrogens (tertiary/aromatic N) is 2. The molecule has 0 radical (unpaired) electrons. The van der Waals surface area contributed by atoms with E-state index < -0.39 is 5.82 Å². The zero-order chi connectivity index (χ0) is 15.5. The number of terminal acetylenes is 1. The monoisotopic (exact) mass is 318 g/mol. The fraction of sp³-hybridized carbons (Fsp3) is 0.143. The van der Waals surface area contributed by atoms with Crippen molar-refractivity contribution < 1.29 is 13.9 Å². The zero-order valence-electron chi connectivity index (χ0n) is 11.3. The lowest BCUT2D eigenvalue weighted by Crippen LogP contribution is -2.39. The van der Waals surface area contributed by atoms with Gasteiger partial charge in [0.2, 0.25) is 5.13 Å². The fourth-order valence-electron chi connectivity index (χ4n) is 1.99. The van der Waals surface area contributed by atoms with Gasteiger partial charge in [-0.05, 0) is 6.07 Å². The summed E-state index contributed by atoms with van der Waals surface area (Å²) in [5.74, 6) is 1.91. The summed E-state index contributed by atoms with van der Waals surface area (Å²) in [6.45, 7) is -0.0571. The first-order valence-electron chi connectivity index (χ1n) is 6.30. The summed E-state index contributed by atoms with van der Waals surface area (Å²) in [4.78, 5) is 17.2. The van der Waals surface area contributed by atoms with E-state index in [0.29, 0.717) is 10.8 Å². The number of hydrazine groups is 1. The number of thiazole rings is 1. The van der Waals surface area contributed by atoms with Crippen molar-refractivity contribution in [1.82, 2.24) is 4.98 Å². The average Bonchev–Trinajstić information content (AvgIpc) is 3.02. The molecular formula is C14H11FN4O2S. The van der Waals surface area contributed by atoms with Crippen molar-refractivity contribution in [2.24, 2.45) is 0 Å². The Bertz CT molecular complexity index is 742. The topological polar surface area (TPSA) is 66.5 Å². The Labute approximate surface area is 129 Å². The highest BCUT2D eigenvalue weighted by Crippen LogP contribution is 2.36. The van der Waals surface area contributed by atoms with Gasteiger partial charge in [0.15, 0.2) is 12.4 Å². The molecule has 0 bridgehead atoms. The van der Waals surface area contributed by atoms with Gasteiger partial charge in [0.25, 0.3) is 5.91 Å². The molecule has 22 heavy (non-hydrogen) atoms. The minimum Gasteiger partial charge on any atom is -0.481 e. The molecule has 2 N–H and O–H groups in total. The molecule has 0 saturated carbocycles. The number of carbonyl (C=O) groups excluding carboxylic acids is 1. The van der Waals surface area contributed by atoms with Crippen LogP contribution in [-0.2, 0) is 4.79 Å². The van der Waals surface area contributed by atoms with E-state index in [1.54, 1.807) is 11.6 Å². The summed E-state index contributed by atoms with van der Waals surface area (Å²) in [5, 5.41) is 2.37. The molecule has 1 aliphatic rings. The van der Waals surface area contributed by atoms with Gasteiger partial charge >= 0.3 is 0 Å². The zero-order valence-corrected chi connectivity index (χ0v) is 12.1. The van der Waals surface area contributed by atoms with Gasteiger partial charge in [-0.1, -0.05) is 5.92 Å². The minimum atomic E-state index is -0.516. The van der Waals surface area contributed by atoms with Crippen LogP contribution in [0.5, 0.6) is 5.75 Å². The molecule has 1 amide bonds. The molecular weight excluding hydrogens is 307 g/mol.